The van der Waals surface area contributed by atoms with Gasteiger partial charge in [0.15, 0.2) is 0 Å². The molecule has 0 aromatic heterocycles. The van der Waals surface area contributed by atoms with E-state index in [0.29, 0.717) is 33.3 Å². The van der Waals surface area contributed by atoms with Crippen LogP contribution in [0.2, 0.25) is 5.02 Å². The number of amides is 2. The molecule has 6 heteroatoms. The van der Waals surface area contributed by atoms with E-state index in [0.717, 1.165) is 16.7 Å². The molecule has 0 atom stereocenters. The first kappa shape index (κ1) is 21.7. The highest BCUT2D eigenvalue weighted by molar-refractivity contribution is 6.46. The summed E-state index contributed by atoms with van der Waals surface area (Å²) in [5.41, 5.74) is 5.07. The second-order valence-corrected chi connectivity index (χ2v) is 8.21. The highest BCUT2D eigenvalue weighted by atomic mass is 35.5. The first-order chi connectivity index (χ1) is 15.3. The largest absolute Gasteiger partial charge is 0.495 e. The number of aryl methyl sites for hydroxylation is 3. The van der Waals surface area contributed by atoms with E-state index >= 15 is 0 Å². The maximum atomic E-state index is 13.7. The predicted molar refractivity (Wildman–Crippen MR) is 128 cm³/mol. The van der Waals surface area contributed by atoms with Crippen molar-refractivity contribution < 1.29 is 14.3 Å². The molecular formula is C26H23ClN2O3. The van der Waals surface area contributed by atoms with Crippen LogP contribution in [0.3, 0.4) is 0 Å². The molecule has 1 N–H and O–H groups in total. The minimum absolute atomic E-state index is 0.209. The van der Waals surface area contributed by atoms with Crippen molar-refractivity contribution in [2.45, 2.75) is 20.8 Å². The standard InChI is InChI=1S/C26H23ClN2O3/c1-15-9-11-19(16(2)13-15)23-24(28-20-7-5-6-8-22(20)32-4)26(31)29(25(23)30)21-12-10-18(27)14-17(21)3/h5-14,28H,1-4H3. The van der Waals surface area contributed by atoms with Crippen molar-refractivity contribution in [1.29, 1.82) is 0 Å². The lowest BCUT2D eigenvalue weighted by Gasteiger charge is -2.18. The van der Waals surface area contributed by atoms with E-state index in [2.05, 4.69) is 5.32 Å². The smallest absolute Gasteiger partial charge is 0.282 e. The zero-order valence-corrected chi connectivity index (χ0v) is 19.1. The highest BCUT2D eigenvalue weighted by Gasteiger charge is 2.41. The van der Waals surface area contributed by atoms with E-state index in [1.165, 1.54) is 4.90 Å². The first-order valence-corrected chi connectivity index (χ1v) is 10.6. The fraction of sp³-hybridized carbons (Fsp3) is 0.154. The normalized spacial score (nSPS) is 13.7. The van der Waals surface area contributed by atoms with Crippen molar-refractivity contribution in [1.82, 2.24) is 0 Å². The second-order valence-electron chi connectivity index (χ2n) is 7.77. The number of anilines is 2. The molecule has 0 saturated heterocycles. The van der Waals surface area contributed by atoms with Crippen LogP contribution in [-0.4, -0.2) is 18.9 Å². The third kappa shape index (κ3) is 3.76. The Bertz CT molecular complexity index is 1280. The van der Waals surface area contributed by atoms with E-state index in [1.807, 2.05) is 51.1 Å². The molecule has 3 aromatic carbocycles. The maximum absolute atomic E-state index is 13.7. The van der Waals surface area contributed by atoms with Crippen molar-refractivity contribution in [2.75, 3.05) is 17.3 Å². The van der Waals surface area contributed by atoms with E-state index in [1.54, 1.807) is 37.4 Å². The summed E-state index contributed by atoms with van der Waals surface area (Å²) in [7, 11) is 1.56. The molecule has 32 heavy (non-hydrogen) atoms. The summed E-state index contributed by atoms with van der Waals surface area (Å²) in [6, 6.07) is 18.2. The van der Waals surface area contributed by atoms with Gasteiger partial charge in [-0.3, -0.25) is 9.59 Å². The van der Waals surface area contributed by atoms with Crippen molar-refractivity contribution in [3.8, 4) is 5.75 Å². The van der Waals surface area contributed by atoms with Crippen molar-refractivity contribution in [3.05, 3.63) is 93.6 Å². The van der Waals surface area contributed by atoms with Crippen LogP contribution in [0.4, 0.5) is 11.4 Å². The Morgan fingerprint density at radius 3 is 2.31 bits per heavy atom. The lowest BCUT2D eigenvalue weighted by Crippen LogP contribution is -2.33. The summed E-state index contributed by atoms with van der Waals surface area (Å²) in [5, 5.41) is 3.72. The Balaban J connectivity index is 1.89. The summed E-state index contributed by atoms with van der Waals surface area (Å²) in [4.78, 5) is 28.5. The fourth-order valence-corrected chi connectivity index (χ4v) is 4.19. The minimum Gasteiger partial charge on any atom is -0.495 e. The third-order valence-electron chi connectivity index (χ3n) is 5.50. The topological polar surface area (TPSA) is 58.6 Å². The molecule has 2 amide bonds. The molecular weight excluding hydrogens is 424 g/mol. The van der Waals surface area contributed by atoms with Gasteiger partial charge in [0, 0.05) is 5.02 Å². The molecule has 162 valence electrons. The Hall–Kier alpha value is -3.57. The Kier molecular flexibility index (Phi) is 5.76. The lowest BCUT2D eigenvalue weighted by atomic mass is 9.97. The molecule has 4 rings (SSSR count). The minimum atomic E-state index is -0.429. The Morgan fingerprint density at radius 2 is 1.62 bits per heavy atom. The Labute approximate surface area is 192 Å². The summed E-state index contributed by atoms with van der Waals surface area (Å²) < 4.78 is 5.43. The number of rotatable bonds is 5. The number of para-hydroxylation sites is 2. The molecule has 0 bridgehead atoms. The number of halogens is 1. The molecule has 0 fully saturated rings. The van der Waals surface area contributed by atoms with Gasteiger partial charge in [0.05, 0.1) is 24.1 Å². The number of carbonyl (C=O) groups is 2. The van der Waals surface area contributed by atoms with Crippen molar-refractivity contribution in [3.63, 3.8) is 0 Å². The summed E-state index contributed by atoms with van der Waals surface area (Å²) in [6.45, 7) is 5.75. The maximum Gasteiger partial charge on any atom is 0.282 e. The highest BCUT2D eigenvalue weighted by Crippen LogP contribution is 2.38. The molecule has 3 aromatic rings. The molecule has 0 radical (unpaired) electrons. The summed E-state index contributed by atoms with van der Waals surface area (Å²) in [6.07, 6.45) is 0. The number of methoxy groups -OCH3 is 1. The van der Waals surface area contributed by atoms with Gasteiger partial charge in [0.2, 0.25) is 0 Å². The predicted octanol–water partition coefficient (Wildman–Crippen LogP) is 5.67. The number of nitrogens with zero attached hydrogens (tertiary/aromatic N) is 1. The molecule has 0 unspecified atom stereocenters. The zero-order chi connectivity index (χ0) is 23.0. The number of carbonyl (C=O) groups excluding carboxylic acids is 2. The van der Waals surface area contributed by atoms with E-state index < -0.39 is 5.91 Å². The molecule has 5 nitrogen and oxygen atoms in total. The summed E-state index contributed by atoms with van der Waals surface area (Å²) in [5.74, 6) is -0.243. The number of benzene rings is 3. The van der Waals surface area contributed by atoms with E-state index in [-0.39, 0.29) is 11.6 Å². The second kappa shape index (κ2) is 8.52. The average Bonchev–Trinajstić information content (AvgIpc) is 2.99. The fourth-order valence-electron chi connectivity index (χ4n) is 3.96. The zero-order valence-electron chi connectivity index (χ0n) is 18.3. The lowest BCUT2D eigenvalue weighted by molar-refractivity contribution is -0.120. The quantitative estimate of drug-likeness (QED) is 0.513. The van der Waals surface area contributed by atoms with Crippen LogP contribution in [0.5, 0.6) is 5.75 Å². The van der Waals surface area contributed by atoms with Crippen molar-refractivity contribution in [2.24, 2.45) is 0 Å². The van der Waals surface area contributed by atoms with Crippen LogP contribution < -0.4 is 15.0 Å². The number of nitrogens with one attached hydrogen (secondary N) is 1. The van der Waals surface area contributed by atoms with Crippen LogP contribution in [0.1, 0.15) is 22.3 Å². The van der Waals surface area contributed by atoms with Gasteiger partial charge in [-0.05, 0) is 67.8 Å². The number of hydrogen-bond donors (Lipinski definition) is 1. The number of ether oxygens (including phenoxy) is 1. The van der Waals surface area contributed by atoms with E-state index in [4.69, 9.17) is 16.3 Å². The van der Waals surface area contributed by atoms with Gasteiger partial charge in [-0.2, -0.15) is 0 Å². The van der Waals surface area contributed by atoms with E-state index in [9.17, 15) is 9.59 Å². The van der Waals surface area contributed by atoms with Crippen molar-refractivity contribution >= 4 is 40.4 Å². The molecule has 1 aliphatic rings. The van der Waals surface area contributed by atoms with Crippen LogP contribution in [0.25, 0.3) is 5.57 Å². The van der Waals surface area contributed by atoms with Gasteiger partial charge >= 0.3 is 0 Å². The van der Waals surface area contributed by atoms with Crippen LogP contribution >= 0.6 is 11.6 Å². The third-order valence-corrected chi connectivity index (χ3v) is 5.74. The SMILES string of the molecule is COc1ccccc1NC1=C(c2ccc(C)cc2C)C(=O)N(c2ccc(Cl)cc2C)C1=O. The molecule has 0 aliphatic carbocycles. The van der Waals surface area contributed by atoms with Gasteiger partial charge < -0.3 is 10.1 Å². The number of imide groups is 1. The summed E-state index contributed by atoms with van der Waals surface area (Å²) >= 11 is 6.10. The first-order valence-electron chi connectivity index (χ1n) is 10.2. The van der Waals surface area contributed by atoms with Crippen LogP contribution in [-0.2, 0) is 9.59 Å². The van der Waals surface area contributed by atoms with Gasteiger partial charge in [-0.25, -0.2) is 4.90 Å². The Morgan fingerprint density at radius 1 is 0.875 bits per heavy atom. The van der Waals surface area contributed by atoms with Crippen LogP contribution in [0, 0.1) is 20.8 Å². The van der Waals surface area contributed by atoms with Gasteiger partial charge in [-0.1, -0.05) is 47.5 Å². The van der Waals surface area contributed by atoms with Crippen LogP contribution in [0.15, 0.2) is 66.4 Å². The molecule has 0 saturated carbocycles. The van der Waals surface area contributed by atoms with Gasteiger partial charge in [0.25, 0.3) is 11.8 Å². The van der Waals surface area contributed by atoms with Gasteiger partial charge in [0.1, 0.15) is 11.4 Å². The molecule has 1 heterocycles. The number of hydrogen-bond acceptors (Lipinski definition) is 4. The van der Waals surface area contributed by atoms with Gasteiger partial charge in [-0.15, -0.1) is 0 Å². The molecule has 1 aliphatic heterocycles. The average molecular weight is 447 g/mol. The monoisotopic (exact) mass is 446 g/mol. The molecule has 0 spiro atoms.